The van der Waals surface area contributed by atoms with Gasteiger partial charge in [0.1, 0.15) is 11.6 Å². The van der Waals surface area contributed by atoms with E-state index in [9.17, 15) is 0 Å². The predicted molar refractivity (Wildman–Crippen MR) is 90.9 cm³/mol. The van der Waals surface area contributed by atoms with E-state index >= 15 is 0 Å². The van der Waals surface area contributed by atoms with Crippen molar-refractivity contribution in [2.24, 2.45) is 0 Å². The molecule has 0 saturated heterocycles. The van der Waals surface area contributed by atoms with Gasteiger partial charge in [-0.25, -0.2) is 9.97 Å². The summed E-state index contributed by atoms with van der Waals surface area (Å²) < 4.78 is 0. The Kier molecular flexibility index (Phi) is 3.44. The number of H-pyrrole nitrogens is 1. The number of hydrogen-bond acceptors (Lipinski definition) is 4. The molecule has 2 heterocycles. The molecule has 0 aliphatic heterocycles. The van der Waals surface area contributed by atoms with Crippen LogP contribution < -0.4 is 5.32 Å². The lowest BCUT2D eigenvalue weighted by Gasteiger charge is -2.04. The molecular formula is C18H15N5. The van der Waals surface area contributed by atoms with Crippen molar-refractivity contribution >= 4 is 16.9 Å². The third-order valence-electron chi connectivity index (χ3n) is 3.59. The minimum absolute atomic E-state index is 0.569. The smallest absolute Gasteiger partial charge is 0.145 e. The maximum absolute atomic E-state index is 4.59. The first-order valence-electron chi connectivity index (χ1n) is 7.44. The van der Waals surface area contributed by atoms with Crippen molar-refractivity contribution in [3.63, 3.8) is 0 Å². The molecule has 0 unspecified atom stereocenters. The van der Waals surface area contributed by atoms with E-state index in [-0.39, 0.29) is 0 Å². The monoisotopic (exact) mass is 301 g/mol. The molecular weight excluding hydrogens is 286 g/mol. The van der Waals surface area contributed by atoms with Crippen LogP contribution in [0.25, 0.3) is 22.3 Å². The minimum Gasteiger partial charge on any atom is -0.362 e. The summed E-state index contributed by atoms with van der Waals surface area (Å²) in [6.07, 6.45) is 3.65. The van der Waals surface area contributed by atoms with E-state index in [0.29, 0.717) is 6.54 Å². The molecule has 0 atom stereocenters. The molecule has 112 valence electrons. The van der Waals surface area contributed by atoms with E-state index < -0.39 is 0 Å². The molecule has 0 spiro atoms. The first-order chi connectivity index (χ1) is 11.4. The number of imidazole rings is 1. The normalized spacial score (nSPS) is 10.8. The van der Waals surface area contributed by atoms with Gasteiger partial charge in [0.25, 0.3) is 0 Å². The number of anilines is 1. The second-order valence-corrected chi connectivity index (χ2v) is 5.20. The van der Waals surface area contributed by atoms with E-state index in [2.05, 4.69) is 25.3 Å². The highest BCUT2D eigenvalue weighted by atomic mass is 15.0. The summed E-state index contributed by atoms with van der Waals surface area (Å²) in [6, 6.07) is 17.9. The topological polar surface area (TPSA) is 66.5 Å². The van der Waals surface area contributed by atoms with Crippen LogP contribution >= 0.6 is 0 Å². The summed E-state index contributed by atoms with van der Waals surface area (Å²) >= 11 is 0. The zero-order valence-electron chi connectivity index (χ0n) is 12.4. The van der Waals surface area contributed by atoms with Gasteiger partial charge < -0.3 is 10.3 Å². The fourth-order valence-electron chi connectivity index (χ4n) is 2.43. The minimum atomic E-state index is 0.569. The molecule has 5 nitrogen and oxygen atoms in total. The van der Waals surface area contributed by atoms with Gasteiger partial charge in [0.05, 0.1) is 29.5 Å². The summed E-state index contributed by atoms with van der Waals surface area (Å²) in [5, 5.41) is 3.25. The molecule has 2 aromatic heterocycles. The Morgan fingerprint density at radius 3 is 2.52 bits per heavy atom. The van der Waals surface area contributed by atoms with Crippen molar-refractivity contribution < 1.29 is 0 Å². The maximum atomic E-state index is 4.59. The van der Waals surface area contributed by atoms with E-state index in [4.69, 9.17) is 0 Å². The zero-order chi connectivity index (χ0) is 15.5. The van der Waals surface area contributed by atoms with Gasteiger partial charge >= 0.3 is 0 Å². The van der Waals surface area contributed by atoms with E-state index in [0.717, 1.165) is 33.9 Å². The molecule has 4 aromatic rings. The van der Waals surface area contributed by atoms with Crippen LogP contribution in [0.4, 0.5) is 5.82 Å². The Morgan fingerprint density at radius 1 is 0.870 bits per heavy atom. The lowest BCUT2D eigenvalue weighted by Crippen LogP contribution is -2.03. The van der Waals surface area contributed by atoms with Crippen LogP contribution in [0.5, 0.6) is 0 Å². The number of benzene rings is 2. The molecule has 0 aliphatic rings. The lowest BCUT2D eigenvalue weighted by atomic mass is 10.2. The molecule has 4 rings (SSSR count). The van der Waals surface area contributed by atoms with Gasteiger partial charge in [-0.05, 0) is 12.1 Å². The van der Waals surface area contributed by atoms with Crippen LogP contribution in [0.15, 0.2) is 67.0 Å². The molecule has 0 radical (unpaired) electrons. The molecule has 0 saturated carbocycles. The highest BCUT2D eigenvalue weighted by molar-refractivity contribution is 5.75. The number of para-hydroxylation sites is 2. The Bertz CT molecular complexity index is 930. The number of hydrogen-bond donors (Lipinski definition) is 2. The fourth-order valence-corrected chi connectivity index (χ4v) is 2.43. The van der Waals surface area contributed by atoms with Gasteiger partial charge in [-0.3, -0.25) is 4.98 Å². The largest absolute Gasteiger partial charge is 0.362 e. The molecule has 2 N–H and O–H groups in total. The molecule has 5 heteroatoms. The molecule has 0 aliphatic carbocycles. The van der Waals surface area contributed by atoms with Gasteiger partial charge in [0, 0.05) is 11.8 Å². The van der Waals surface area contributed by atoms with Crippen molar-refractivity contribution in [3.8, 4) is 11.3 Å². The quantitative estimate of drug-likeness (QED) is 0.604. The first kappa shape index (κ1) is 13.5. The SMILES string of the molecule is c1ccc(-c2c[nH]c(CNc3cnc4ccccc4n3)n2)cc1. The van der Waals surface area contributed by atoms with Gasteiger partial charge in [-0.1, -0.05) is 42.5 Å². The number of nitrogens with zero attached hydrogens (tertiary/aromatic N) is 3. The second-order valence-electron chi connectivity index (χ2n) is 5.20. The Morgan fingerprint density at radius 2 is 1.65 bits per heavy atom. The average Bonchev–Trinajstić information content (AvgIpc) is 3.10. The molecule has 2 aromatic carbocycles. The lowest BCUT2D eigenvalue weighted by molar-refractivity contribution is 0.988. The number of aromatic amines is 1. The summed E-state index contributed by atoms with van der Waals surface area (Å²) in [7, 11) is 0. The number of rotatable bonds is 4. The van der Waals surface area contributed by atoms with Crippen LogP contribution in [0.1, 0.15) is 5.82 Å². The van der Waals surface area contributed by atoms with Crippen molar-refractivity contribution in [1.29, 1.82) is 0 Å². The number of fused-ring (bicyclic) bond motifs is 1. The predicted octanol–water partition coefficient (Wildman–Crippen LogP) is 3.63. The van der Waals surface area contributed by atoms with Gasteiger partial charge in [-0.2, -0.15) is 0 Å². The summed E-state index contributed by atoms with van der Waals surface area (Å²) in [5.74, 6) is 1.60. The Labute approximate surface area is 133 Å². The first-order valence-corrected chi connectivity index (χ1v) is 7.44. The summed E-state index contributed by atoms with van der Waals surface area (Å²) in [6.45, 7) is 0.569. The molecule has 0 amide bonds. The third kappa shape index (κ3) is 2.89. The van der Waals surface area contributed by atoms with E-state index in [1.165, 1.54) is 0 Å². The van der Waals surface area contributed by atoms with Crippen molar-refractivity contribution in [2.75, 3.05) is 5.32 Å². The third-order valence-corrected chi connectivity index (χ3v) is 3.59. The average molecular weight is 301 g/mol. The van der Waals surface area contributed by atoms with Crippen LogP contribution in [0, 0.1) is 0 Å². The van der Waals surface area contributed by atoms with Crippen LogP contribution in [0.2, 0.25) is 0 Å². The number of aromatic nitrogens is 4. The van der Waals surface area contributed by atoms with Gasteiger partial charge in [0.15, 0.2) is 0 Å². The van der Waals surface area contributed by atoms with E-state index in [1.807, 2.05) is 60.8 Å². The molecule has 0 fully saturated rings. The highest BCUT2D eigenvalue weighted by Gasteiger charge is 2.04. The Hall–Kier alpha value is -3.21. The van der Waals surface area contributed by atoms with Crippen LogP contribution in [0.3, 0.4) is 0 Å². The van der Waals surface area contributed by atoms with E-state index in [1.54, 1.807) is 6.20 Å². The van der Waals surface area contributed by atoms with Crippen molar-refractivity contribution in [2.45, 2.75) is 6.54 Å². The second kappa shape index (κ2) is 5.88. The summed E-state index contributed by atoms with van der Waals surface area (Å²) in [4.78, 5) is 16.7. The highest BCUT2D eigenvalue weighted by Crippen LogP contribution is 2.17. The molecule has 0 bridgehead atoms. The number of nitrogens with one attached hydrogen (secondary N) is 2. The zero-order valence-corrected chi connectivity index (χ0v) is 12.4. The standard InChI is InChI=1S/C18H15N5/c1-2-6-13(7-3-1)16-10-20-18(23-16)12-21-17-11-19-14-8-4-5-9-15(14)22-17/h1-11H,12H2,(H,20,23)(H,21,22). The fraction of sp³-hybridized carbons (Fsp3) is 0.0556. The van der Waals surface area contributed by atoms with Crippen LogP contribution in [-0.2, 0) is 6.54 Å². The van der Waals surface area contributed by atoms with Gasteiger partial charge in [-0.15, -0.1) is 0 Å². The maximum Gasteiger partial charge on any atom is 0.145 e. The van der Waals surface area contributed by atoms with Gasteiger partial charge in [0.2, 0.25) is 0 Å². The molecule has 23 heavy (non-hydrogen) atoms. The summed E-state index contributed by atoms with van der Waals surface area (Å²) in [5.41, 5.74) is 3.80. The van der Waals surface area contributed by atoms with Crippen LogP contribution in [-0.4, -0.2) is 19.9 Å². The Balaban J connectivity index is 1.49. The van der Waals surface area contributed by atoms with Crippen molar-refractivity contribution in [3.05, 3.63) is 72.8 Å². The van der Waals surface area contributed by atoms with Crippen molar-refractivity contribution in [1.82, 2.24) is 19.9 Å².